The summed E-state index contributed by atoms with van der Waals surface area (Å²) in [5, 5.41) is 5.12. The zero-order valence-corrected chi connectivity index (χ0v) is 22.2. The third-order valence-corrected chi connectivity index (χ3v) is 7.63. The molecular weight excluding hydrogens is 490 g/mol. The van der Waals surface area contributed by atoms with E-state index in [2.05, 4.69) is 35.7 Å². The van der Waals surface area contributed by atoms with Gasteiger partial charge in [-0.25, -0.2) is 9.71 Å². The molecule has 0 unspecified atom stereocenters. The van der Waals surface area contributed by atoms with Gasteiger partial charge in [0.15, 0.2) is 0 Å². The summed E-state index contributed by atoms with van der Waals surface area (Å²) in [4.78, 5) is 21.6. The van der Waals surface area contributed by atoms with Crippen LogP contribution in [0.3, 0.4) is 0 Å². The van der Waals surface area contributed by atoms with Gasteiger partial charge in [0.2, 0.25) is 5.91 Å². The second-order valence-electron chi connectivity index (χ2n) is 9.36. The number of fused-ring (bicyclic) bond motifs is 2. The minimum Gasteiger partial charge on any atom is -0.464 e. The number of rotatable bonds is 10. The average molecular weight is 520 g/mol. The standard InChI is InChI=1S/C28H29N3O3S2/c1-18(2)15-31(16-23-17-35-19(3)29-23)28(32)25(13-20-4-6-26-21(12-20)8-10-33-26)30-36-24-5-7-27-22(14-24)9-11-34-27/h4-12,14,17-18,25,30H,13,15-16H2,1-3H3/t25-/m1/s1. The largest absolute Gasteiger partial charge is 0.464 e. The predicted molar refractivity (Wildman–Crippen MR) is 146 cm³/mol. The van der Waals surface area contributed by atoms with E-state index in [9.17, 15) is 4.79 Å². The zero-order valence-electron chi connectivity index (χ0n) is 20.6. The lowest BCUT2D eigenvalue weighted by molar-refractivity contribution is -0.134. The predicted octanol–water partition coefficient (Wildman–Crippen LogP) is 6.84. The minimum atomic E-state index is -0.419. The van der Waals surface area contributed by atoms with E-state index in [0.717, 1.165) is 43.1 Å². The quantitative estimate of drug-likeness (QED) is 0.204. The van der Waals surface area contributed by atoms with Crippen molar-refractivity contribution < 1.29 is 13.6 Å². The number of carbonyl (C=O) groups excluding carboxylic acids is 1. The van der Waals surface area contributed by atoms with Gasteiger partial charge in [0, 0.05) is 27.6 Å². The van der Waals surface area contributed by atoms with Crippen LogP contribution in [-0.4, -0.2) is 28.4 Å². The van der Waals surface area contributed by atoms with Gasteiger partial charge in [-0.15, -0.1) is 11.3 Å². The number of aromatic nitrogens is 1. The molecule has 5 rings (SSSR count). The van der Waals surface area contributed by atoms with Gasteiger partial charge in [-0.2, -0.15) is 0 Å². The molecular formula is C28H29N3O3S2. The van der Waals surface area contributed by atoms with E-state index in [1.54, 1.807) is 23.9 Å². The van der Waals surface area contributed by atoms with Crippen LogP contribution < -0.4 is 4.72 Å². The summed E-state index contributed by atoms with van der Waals surface area (Å²) in [5.41, 5.74) is 3.71. The Bertz CT molecular complexity index is 1470. The Morgan fingerprint density at radius 1 is 1.06 bits per heavy atom. The van der Waals surface area contributed by atoms with Crippen LogP contribution in [0, 0.1) is 12.8 Å². The normalized spacial score (nSPS) is 12.6. The van der Waals surface area contributed by atoms with E-state index in [-0.39, 0.29) is 5.91 Å². The van der Waals surface area contributed by atoms with E-state index in [1.165, 1.54) is 11.9 Å². The number of carbonyl (C=O) groups is 1. The van der Waals surface area contributed by atoms with Crippen molar-refractivity contribution in [3.05, 3.63) is 82.7 Å². The molecule has 0 aliphatic carbocycles. The number of amides is 1. The fraction of sp³-hybridized carbons (Fsp3) is 0.286. The molecule has 1 amide bonds. The van der Waals surface area contributed by atoms with Crippen molar-refractivity contribution in [3.8, 4) is 0 Å². The van der Waals surface area contributed by atoms with Crippen LogP contribution in [0.2, 0.25) is 0 Å². The van der Waals surface area contributed by atoms with E-state index in [4.69, 9.17) is 8.83 Å². The van der Waals surface area contributed by atoms with Crippen molar-refractivity contribution in [1.82, 2.24) is 14.6 Å². The number of hydrogen-bond donors (Lipinski definition) is 1. The van der Waals surface area contributed by atoms with Gasteiger partial charge in [-0.1, -0.05) is 19.9 Å². The fourth-order valence-corrected chi connectivity index (χ4v) is 5.66. The van der Waals surface area contributed by atoms with Crippen LogP contribution in [0.1, 0.15) is 30.1 Å². The summed E-state index contributed by atoms with van der Waals surface area (Å²) in [6.45, 7) is 7.44. The maximum Gasteiger partial charge on any atom is 0.241 e. The molecule has 0 aliphatic heterocycles. The fourth-order valence-electron chi connectivity index (χ4n) is 4.28. The van der Waals surface area contributed by atoms with Gasteiger partial charge in [-0.3, -0.25) is 4.79 Å². The summed E-state index contributed by atoms with van der Waals surface area (Å²) >= 11 is 3.09. The van der Waals surface area contributed by atoms with Gasteiger partial charge in [0.05, 0.1) is 29.8 Å². The van der Waals surface area contributed by atoms with Crippen LogP contribution in [0.4, 0.5) is 0 Å². The first-order valence-corrected chi connectivity index (χ1v) is 13.7. The number of benzene rings is 2. The molecule has 36 heavy (non-hydrogen) atoms. The molecule has 0 saturated heterocycles. The molecule has 1 N–H and O–H groups in total. The number of aryl methyl sites for hydroxylation is 1. The molecule has 3 aromatic heterocycles. The van der Waals surface area contributed by atoms with Crippen LogP contribution in [0.15, 0.2) is 80.2 Å². The third-order valence-electron chi connectivity index (χ3n) is 5.91. The first kappa shape index (κ1) is 24.6. The first-order valence-electron chi connectivity index (χ1n) is 12.0. The lowest BCUT2D eigenvalue weighted by Crippen LogP contribution is -2.46. The lowest BCUT2D eigenvalue weighted by atomic mass is 10.0. The number of hydrogen-bond acceptors (Lipinski definition) is 7. The maximum atomic E-state index is 14.0. The Kier molecular flexibility index (Phi) is 7.46. The van der Waals surface area contributed by atoms with Crippen LogP contribution in [0.25, 0.3) is 21.9 Å². The monoisotopic (exact) mass is 519 g/mol. The zero-order chi connectivity index (χ0) is 25.1. The Labute approximate surface area is 218 Å². The summed E-state index contributed by atoms with van der Waals surface area (Å²) < 4.78 is 14.5. The van der Waals surface area contributed by atoms with Crippen LogP contribution in [0.5, 0.6) is 0 Å². The molecule has 8 heteroatoms. The molecule has 0 fully saturated rings. The highest BCUT2D eigenvalue weighted by molar-refractivity contribution is 7.97. The highest BCUT2D eigenvalue weighted by atomic mass is 32.2. The van der Waals surface area contributed by atoms with Crippen molar-refractivity contribution in [2.45, 2.75) is 44.7 Å². The van der Waals surface area contributed by atoms with Gasteiger partial charge >= 0.3 is 0 Å². The molecule has 2 aromatic carbocycles. The molecule has 6 nitrogen and oxygen atoms in total. The molecule has 3 heterocycles. The lowest BCUT2D eigenvalue weighted by Gasteiger charge is -2.29. The molecule has 0 radical (unpaired) electrons. The molecule has 0 spiro atoms. The maximum absolute atomic E-state index is 14.0. The van der Waals surface area contributed by atoms with Crippen molar-refractivity contribution in [2.24, 2.45) is 5.92 Å². The summed E-state index contributed by atoms with van der Waals surface area (Å²) in [7, 11) is 0. The second-order valence-corrected chi connectivity index (χ2v) is 11.3. The molecule has 0 bridgehead atoms. The first-order chi connectivity index (χ1) is 17.4. The van der Waals surface area contributed by atoms with Crippen LogP contribution in [-0.2, 0) is 17.8 Å². The number of thiazole rings is 1. The Balaban J connectivity index is 1.40. The van der Waals surface area contributed by atoms with Crippen LogP contribution >= 0.6 is 23.3 Å². The van der Waals surface area contributed by atoms with Gasteiger partial charge in [0.25, 0.3) is 0 Å². The van der Waals surface area contributed by atoms with Crippen molar-refractivity contribution in [1.29, 1.82) is 0 Å². The third kappa shape index (κ3) is 5.83. The topological polar surface area (TPSA) is 71.5 Å². The Morgan fingerprint density at radius 2 is 1.78 bits per heavy atom. The molecule has 1 atom stereocenters. The smallest absolute Gasteiger partial charge is 0.241 e. The van der Waals surface area contributed by atoms with E-state index < -0.39 is 6.04 Å². The van der Waals surface area contributed by atoms with Crippen molar-refractivity contribution in [3.63, 3.8) is 0 Å². The van der Waals surface area contributed by atoms with Gasteiger partial charge < -0.3 is 13.7 Å². The average Bonchev–Trinajstić information content (AvgIpc) is 3.61. The SMILES string of the molecule is Cc1nc(CN(CC(C)C)C(=O)[C@@H](Cc2ccc3occc3c2)NSc2ccc3occc3c2)cs1. The number of nitrogens with one attached hydrogen (secondary N) is 1. The van der Waals surface area contributed by atoms with Crippen molar-refractivity contribution >= 4 is 51.1 Å². The molecule has 5 aromatic rings. The molecule has 186 valence electrons. The highest BCUT2D eigenvalue weighted by Crippen LogP contribution is 2.25. The summed E-state index contributed by atoms with van der Waals surface area (Å²) in [5.74, 6) is 0.409. The Hall–Kier alpha value is -3.07. The second kappa shape index (κ2) is 10.9. The minimum absolute atomic E-state index is 0.0681. The number of furan rings is 2. The van der Waals surface area contributed by atoms with E-state index >= 15 is 0 Å². The highest BCUT2D eigenvalue weighted by Gasteiger charge is 2.26. The summed E-state index contributed by atoms with van der Waals surface area (Å²) in [6, 6.07) is 15.6. The van der Waals surface area contributed by atoms with Gasteiger partial charge in [-0.05, 0) is 79.2 Å². The van der Waals surface area contributed by atoms with E-state index in [1.807, 2.05) is 53.6 Å². The van der Waals surface area contributed by atoms with E-state index in [0.29, 0.717) is 25.4 Å². The molecule has 0 aliphatic rings. The van der Waals surface area contributed by atoms with Gasteiger partial charge in [0.1, 0.15) is 17.2 Å². The van der Waals surface area contributed by atoms with Crippen molar-refractivity contribution in [2.75, 3.05) is 6.54 Å². The molecule has 0 saturated carbocycles. The number of nitrogens with zero attached hydrogens (tertiary/aromatic N) is 2. The summed E-state index contributed by atoms with van der Waals surface area (Å²) in [6.07, 6.45) is 3.94. The Morgan fingerprint density at radius 3 is 2.47 bits per heavy atom.